The molecule has 0 spiro atoms. The van der Waals surface area contributed by atoms with E-state index in [0.29, 0.717) is 32.2 Å². The SMILES string of the molecule is Cl.O=C(CC1CCCN1)NCc1ccc2c(c1)OCCCO2. The fourth-order valence-electron chi connectivity index (χ4n) is 2.75. The van der Waals surface area contributed by atoms with Crippen molar-refractivity contribution in [2.45, 2.75) is 38.3 Å². The molecule has 1 saturated heterocycles. The van der Waals surface area contributed by atoms with Gasteiger partial charge in [0, 0.05) is 25.4 Å². The summed E-state index contributed by atoms with van der Waals surface area (Å²) < 4.78 is 11.3. The summed E-state index contributed by atoms with van der Waals surface area (Å²) in [5.74, 6) is 1.66. The molecule has 1 amide bonds. The minimum atomic E-state index is 0. The van der Waals surface area contributed by atoms with Crippen LogP contribution in [0.25, 0.3) is 0 Å². The second kappa shape index (κ2) is 8.25. The number of carbonyl (C=O) groups is 1. The summed E-state index contributed by atoms with van der Waals surface area (Å²) in [7, 11) is 0. The number of rotatable bonds is 4. The molecule has 0 aromatic heterocycles. The van der Waals surface area contributed by atoms with Crippen molar-refractivity contribution < 1.29 is 14.3 Å². The van der Waals surface area contributed by atoms with Crippen molar-refractivity contribution in [1.82, 2.24) is 10.6 Å². The summed E-state index contributed by atoms with van der Waals surface area (Å²) in [6.45, 7) is 2.93. The lowest BCUT2D eigenvalue weighted by molar-refractivity contribution is -0.121. The highest BCUT2D eigenvalue weighted by molar-refractivity contribution is 5.85. The Morgan fingerprint density at radius 1 is 1.23 bits per heavy atom. The number of amides is 1. The number of hydrogen-bond acceptors (Lipinski definition) is 4. The fourth-order valence-corrected chi connectivity index (χ4v) is 2.75. The first-order valence-electron chi connectivity index (χ1n) is 7.70. The predicted octanol–water partition coefficient (Wildman–Crippen LogP) is 2.03. The van der Waals surface area contributed by atoms with Crippen LogP contribution in [-0.4, -0.2) is 31.7 Å². The molecular formula is C16H23ClN2O3. The van der Waals surface area contributed by atoms with Gasteiger partial charge in [0.25, 0.3) is 0 Å². The summed E-state index contributed by atoms with van der Waals surface area (Å²) in [4.78, 5) is 11.9. The van der Waals surface area contributed by atoms with Crippen LogP contribution in [0.5, 0.6) is 11.5 Å². The number of benzene rings is 1. The van der Waals surface area contributed by atoms with Gasteiger partial charge >= 0.3 is 0 Å². The highest BCUT2D eigenvalue weighted by Gasteiger charge is 2.17. The van der Waals surface area contributed by atoms with E-state index in [1.165, 1.54) is 6.42 Å². The Hall–Kier alpha value is -1.46. The molecule has 2 aliphatic heterocycles. The van der Waals surface area contributed by atoms with Crippen LogP contribution >= 0.6 is 12.4 Å². The zero-order chi connectivity index (χ0) is 14.5. The van der Waals surface area contributed by atoms with Gasteiger partial charge in [-0.25, -0.2) is 0 Å². The van der Waals surface area contributed by atoms with Gasteiger partial charge in [0.05, 0.1) is 13.2 Å². The molecule has 0 radical (unpaired) electrons. The summed E-state index contributed by atoms with van der Waals surface area (Å²) >= 11 is 0. The van der Waals surface area contributed by atoms with Crippen molar-refractivity contribution in [2.75, 3.05) is 19.8 Å². The van der Waals surface area contributed by atoms with Crippen molar-refractivity contribution in [2.24, 2.45) is 0 Å². The molecule has 0 aliphatic carbocycles. The molecule has 22 heavy (non-hydrogen) atoms. The van der Waals surface area contributed by atoms with Gasteiger partial charge in [0.2, 0.25) is 5.91 Å². The maximum Gasteiger partial charge on any atom is 0.221 e. The van der Waals surface area contributed by atoms with E-state index >= 15 is 0 Å². The zero-order valence-corrected chi connectivity index (χ0v) is 13.4. The molecule has 0 saturated carbocycles. The largest absolute Gasteiger partial charge is 0.490 e. The summed E-state index contributed by atoms with van der Waals surface area (Å²) in [6.07, 6.45) is 3.72. The molecule has 0 bridgehead atoms. The summed E-state index contributed by atoms with van der Waals surface area (Å²) in [6, 6.07) is 6.19. The Morgan fingerprint density at radius 2 is 2.05 bits per heavy atom. The molecule has 2 aliphatic rings. The van der Waals surface area contributed by atoms with Gasteiger partial charge in [0.1, 0.15) is 0 Å². The molecule has 122 valence electrons. The minimum Gasteiger partial charge on any atom is -0.490 e. The third kappa shape index (κ3) is 4.52. The topological polar surface area (TPSA) is 59.6 Å². The van der Waals surface area contributed by atoms with Crippen LogP contribution in [0.2, 0.25) is 0 Å². The van der Waals surface area contributed by atoms with E-state index in [4.69, 9.17) is 9.47 Å². The van der Waals surface area contributed by atoms with Crippen molar-refractivity contribution in [3.8, 4) is 11.5 Å². The quantitative estimate of drug-likeness (QED) is 0.889. The van der Waals surface area contributed by atoms with E-state index in [1.54, 1.807) is 0 Å². The number of hydrogen-bond donors (Lipinski definition) is 2. The Morgan fingerprint density at radius 3 is 2.82 bits per heavy atom. The van der Waals surface area contributed by atoms with Gasteiger partial charge in [-0.2, -0.15) is 0 Å². The maximum absolute atomic E-state index is 11.9. The monoisotopic (exact) mass is 326 g/mol. The Bertz CT molecular complexity index is 504. The standard InChI is InChI=1S/C16H22N2O3.ClH/c19-16(10-13-3-1-6-17-13)18-11-12-4-5-14-15(9-12)21-8-2-7-20-14;/h4-5,9,13,17H,1-3,6-8,10-11H2,(H,18,19);1H. The Balaban J connectivity index is 0.00000176. The van der Waals surface area contributed by atoms with Gasteiger partial charge in [-0.1, -0.05) is 6.07 Å². The number of fused-ring (bicyclic) bond motifs is 1. The van der Waals surface area contributed by atoms with Crippen LogP contribution in [0.4, 0.5) is 0 Å². The van der Waals surface area contributed by atoms with Crippen LogP contribution < -0.4 is 20.1 Å². The fraction of sp³-hybridized carbons (Fsp3) is 0.562. The molecular weight excluding hydrogens is 304 g/mol. The van der Waals surface area contributed by atoms with Crippen LogP contribution in [0.1, 0.15) is 31.2 Å². The van der Waals surface area contributed by atoms with Crippen LogP contribution in [0, 0.1) is 0 Å². The lowest BCUT2D eigenvalue weighted by Crippen LogP contribution is -2.31. The van der Waals surface area contributed by atoms with Crippen LogP contribution in [0.3, 0.4) is 0 Å². The zero-order valence-electron chi connectivity index (χ0n) is 12.6. The van der Waals surface area contributed by atoms with Crippen LogP contribution in [-0.2, 0) is 11.3 Å². The Kier molecular flexibility index (Phi) is 6.34. The van der Waals surface area contributed by atoms with Crippen molar-refractivity contribution >= 4 is 18.3 Å². The normalized spacial score (nSPS) is 19.9. The first-order chi connectivity index (χ1) is 10.3. The second-order valence-corrected chi connectivity index (χ2v) is 5.61. The summed E-state index contributed by atoms with van der Waals surface area (Å²) in [5, 5.41) is 6.31. The molecule has 5 nitrogen and oxygen atoms in total. The van der Waals surface area contributed by atoms with Crippen LogP contribution in [0.15, 0.2) is 18.2 Å². The molecule has 1 atom stereocenters. The molecule has 1 unspecified atom stereocenters. The molecule has 2 N–H and O–H groups in total. The maximum atomic E-state index is 11.9. The van der Waals surface area contributed by atoms with E-state index in [-0.39, 0.29) is 18.3 Å². The first kappa shape index (κ1) is 16.9. The third-order valence-electron chi connectivity index (χ3n) is 3.90. The number of nitrogens with one attached hydrogen (secondary N) is 2. The summed E-state index contributed by atoms with van der Waals surface area (Å²) in [5.41, 5.74) is 1.03. The highest BCUT2D eigenvalue weighted by Crippen LogP contribution is 2.30. The molecule has 1 aromatic carbocycles. The van der Waals surface area contributed by atoms with E-state index in [2.05, 4.69) is 10.6 Å². The number of ether oxygens (including phenoxy) is 2. The molecule has 1 fully saturated rings. The van der Waals surface area contributed by atoms with E-state index < -0.39 is 0 Å². The van der Waals surface area contributed by atoms with Gasteiger partial charge in [-0.05, 0) is 37.1 Å². The lowest BCUT2D eigenvalue weighted by atomic mass is 10.1. The predicted molar refractivity (Wildman–Crippen MR) is 86.8 cm³/mol. The number of carbonyl (C=O) groups excluding carboxylic acids is 1. The molecule has 3 rings (SSSR count). The van der Waals surface area contributed by atoms with E-state index in [0.717, 1.165) is 36.4 Å². The average Bonchev–Trinajstić information content (AvgIpc) is 2.88. The van der Waals surface area contributed by atoms with Gasteiger partial charge < -0.3 is 20.1 Å². The Labute approximate surface area is 137 Å². The highest BCUT2D eigenvalue weighted by atomic mass is 35.5. The first-order valence-corrected chi connectivity index (χ1v) is 7.70. The third-order valence-corrected chi connectivity index (χ3v) is 3.90. The van der Waals surface area contributed by atoms with Crippen molar-refractivity contribution in [3.63, 3.8) is 0 Å². The van der Waals surface area contributed by atoms with Gasteiger partial charge in [-0.15, -0.1) is 12.4 Å². The van der Waals surface area contributed by atoms with E-state index in [1.807, 2.05) is 18.2 Å². The van der Waals surface area contributed by atoms with Crippen molar-refractivity contribution in [3.05, 3.63) is 23.8 Å². The average molecular weight is 327 g/mol. The van der Waals surface area contributed by atoms with Crippen molar-refractivity contribution in [1.29, 1.82) is 0 Å². The van der Waals surface area contributed by atoms with E-state index in [9.17, 15) is 4.79 Å². The molecule has 2 heterocycles. The minimum absolute atomic E-state index is 0. The second-order valence-electron chi connectivity index (χ2n) is 5.61. The smallest absolute Gasteiger partial charge is 0.221 e. The van der Waals surface area contributed by atoms with Gasteiger partial charge in [0.15, 0.2) is 11.5 Å². The lowest BCUT2D eigenvalue weighted by Gasteiger charge is -2.12. The van der Waals surface area contributed by atoms with Gasteiger partial charge in [-0.3, -0.25) is 4.79 Å². The number of halogens is 1. The molecule has 6 heteroatoms. The molecule has 1 aromatic rings.